The summed E-state index contributed by atoms with van der Waals surface area (Å²) in [6.07, 6.45) is 3.38. The molecule has 0 saturated carbocycles. The van der Waals surface area contributed by atoms with Crippen LogP contribution in [0.2, 0.25) is 0 Å². The minimum Gasteiger partial charge on any atom is -0.484 e. The average Bonchev–Trinajstić information content (AvgIpc) is 2.54. The summed E-state index contributed by atoms with van der Waals surface area (Å²) in [5.74, 6) is 0.368. The normalized spacial score (nSPS) is 11.1. The lowest BCUT2D eigenvalue weighted by atomic mass is 10.1. The summed E-state index contributed by atoms with van der Waals surface area (Å²) < 4.78 is 5.45. The van der Waals surface area contributed by atoms with Crippen molar-refractivity contribution in [3.05, 3.63) is 59.4 Å². The number of carbonyl (C=O) groups is 1. The molecule has 0 bridgehead atoms. The summed E-state index contributed by atoms with van der Waals surface area (Å²) in [6, 6.07) is 9.42. The van der Waals surface area contributed by atoms with Crippen molar-refractivity contribution in [3.63, 3.8) is 0 Å². The van der Waals surface area contributed by atoms with E-state index in [9.17, 15) is 4.79 Å². The van der Waals surface area contributed by atoms with Crippen LogP contribution in [0.5, 0.6) is 5.75 Å². The van der Waals surface area contributed by atoms with Crippen molar-refractivity contribution in [1.29, 1.82) is 0 Å². The number of aryl methyl sites for hydroxylation is 2. The van der Waals surface area contributed by atoms with Crippen molar-refractivity contribution in [1.82, 2.24) is 10.4 Å². The van der Waals surface area contributed by atoms with Gasteiger partial charge in [0.05, 0.1) is 5.71 Å². The zero-order valence-corrected chi connectivity index (χ0v) is 13.0. The number of ether oxygens (including phenoxy) is 1. The highest BCUT2D eigenvalue weighted by molar-refractivity contribution is 5.98. The summed E-state index contributed by atoms with van der Waals surface area (Å²) in [5.41, 5.74) is 6.34. The molecule has 1 N–H and O–H groups in total. The number of benzene rings is 1. The largest absolute Gasteiger partial charge is 0.484 e. The molecule has 5 nitrogen and oxygen atoms in total. The molecule has 0 fully saturated rings. The maximum absolute atomic E-state index is 11.7. The second-order valence-corrected chi connectivity index (χ2v) is 5.01. The molecule has 5 heteroatoms. The van der Waals surface area contributed by atoms with Gasteiger partial charge in [-0.15, -0.1) is 0 Å². The third kappa shape index (κ3) is 4.41. The highest BCUT2D eigenvalue weighted by Crippen LogP contribution is 2.16. The summed E-state index contributed by atoms with van der Waals surface area (Å²) in [6.45, 7) is 5.76. The predicted octanol–water partition coefficient (Wildman–Crippen LogP) is 2.62. The van der Waals surface area contributed by atoms with E-state index in [2.05, 4.69) is 15.5 Å². The van der Waals surface area contributed by atoms with E-state index in [0.717, 1.165) is 11.1 Å². The third-order valence-corrected chi connectivity index (χ3v) is 3.28. The Morgan fingerprint density at radius 1 is 1.27 bits per heavy atom. The lowest BCUT2D eigenvalue weighted by Crippen LogP contribution is -2.25. The summed E-state index contributed by atoms with van der Waals surface area (Å²) in [4.78, 5) is 15.8. The minimum atomic E-state index is -0.304. The summed E-state index contributed by atoms with van der Waals surface area (Å²) in [7, 11) is 0. The van der Waals surface area contributed by atoms with Crippen LogP contribution in [-0.2, 0) is 4.79 Å². The number of rotatable bonds is 5. The molecule has 0 aliphatic carbocycles. The molecule has 22 heavy (non-hydrogen) atoms. The molecule has 0 aliphatic heterocycles. The first-order chi connectivity index (χ1) is 10.6. The van der Waals surface area contributed by atoms with Crippen LogP contribution in [0, 0.1) is 13.8 Å². The van der Waals surface area contributed by atoms with E-state index in [0.29, 0.717) is 11.5 Å². The second-order valence-electron chi connectivity index (χ2n) is 5.01. The number of amides is 1. The first kappa shape index (κ1) is 15.7. The van der Waals surface area contributed by atoms with Gasteiger partial charge in [0.15, 0.2) is 6.61 Å². The Kier molecular flexibility index (Phi) is 5.25. The van der Waals surface area contributed by atoms with Gasteiger partial charge < -0.3 is 4.74 Å². The van der Waals surface area contributed by atoms with Crippen LogP contribution < -0.4 is 10.2 Å². The fourth-order valence-electron chi connectivity index (χ4n) is 1.77. The topological polar surface area (TPSA) is 63.6 Å². The smallest absolute Gasteiger partial charge is 0.277 e. The maximum Gasteiger partial charge on any atom is 0.277 e. The molecule has 1 heterocycles. The molecule has 2 aromatic rings. The Morgan fingerprint density at radius 3 is 2.77 bits per heavy atom. The van der Waals surface area contributed by atoms with E-state index >= 15 is 0 Å². The van der Waals surface area contributed by atoms with E-state index in [-0.39, 0.29) is 12.5 Å². The van der Waals surface area contributed by atoms with Gasteiger partial charge in [-0.05, 0) is 50.1 Å². The number of aromatic nitrogens is 1. The Balaban J connectivity index is 1.86. The van der Waals surface area contributed by atoms with E-state index in [4.69, 9.17) is 4.74 Å². The molecule has 0 aliphatic rings. The van der Waals surface area contributed by atoms with Crippen molar-refractivity contribution in [2.24, 2.45) is 5.10 Å². The van der Waals surface area contributed by atoms with Gasteiger partial charge in [-0.3, -0.25) is 9.78 Å². The van der Waals surface area contributed by atoms with Crippen molar-refractivity contribution in [2.75, 3.05) is 6.61 Å². The van der Waals surface area contributed by atoms with Crippen molar-refractivity contribution in [2.45, 2.75) is 20.8 Å². The number of pyridine rings is 1. The summed E-state index contributed by atoms with van der Waals surface area (Å²) >= 11 is 0. The quantitative estimate of drug-likeness (QED) is 0.681. The highest BCUT2D eigenvalue weighted by atomic mass is 16.5. The van der Waals surface area contributed by atoms with Crippen LogP contribution in [0.1, 0.15) is 23.6 Å². The lowest BCUT2D eigenvalue weighted by Gasteiger charge is -2.07. The van der Waals surface area contributed by atoms with Crippen molar-refractivity contribution in [3.8, 4) is 5.75 Å². The van der Waals surface area contributed by atoms with E-state index < -0.39 is 0 Å². The monoisotopic (exact) mass is 297 g/mol. The van der Waals surface area contributed by atoms with Crippen LogP contribution in [0.25, 0.3) is 0 Å². The second kappa shape index (κ2) is 7.36. The van der Waals surface area contributed by atoms with Gasteiger partial charge in [-0.1, -0.05) is 12.1 Å². The number of nitrogens with one attached hydrogen (secondary N) is 1. The van der Waals surface area contributed by atoms with E-state index in [1.165, 1.54) is 5.56 Å². The molecule has 1 amide bonds. The first-order valence-electron chi connectivity index (χ1n) is 7.00. The van der Waals surface area contributed by atoms with Crippen LogP contribution in [-0.4, -0.2) is 23.2 Å². The molecule has 114 valence electrons. The van der Waals surface area contributed by atoms with Gasteiger partial charge in [0.1, 0.15) is 5.75 Å². The number of hydrogen-bond acceptors (Lipinski definition) is 4. The molecule has 1 aromatic carbocycles. The molecule has 1 aromatic heterocycles. The van der Waals surface area contributed by atoms with Crippen LogP contribution in [0.15, 0.2) is 47.8 Å². The SMILES string of the molecule is CC(=NNC(=O)COc1ccc(C)c(C)c1)c1cccnc1. The summed E-state index contributed by atoms with van der Waals surface area (Å²) in [5, 5.41) is 4.04. The minimum absolute atomic E-state index is 0.0771. The molecule has 0 atom stereocenters. The van der Waals surface area contributed by atoms with Gasteiger partial charge >= 0.3 is 0 Å². The number of carbonyl (C=O) groups excluding carboxylic acids is 1. The van der Waals surface area contributed by atoms with Gasteiger partial charge in [0.2, 0.25) is 0 Å². The van der Waals surface area contributed by atoms with Gasteiger partial charge in [0, 0.05) is 18.0 Å². The van der Waals surface area contributed by atoms with Crippen molar-refractivity contribution < 1.29 is 9.53 Å². The molecule has 0 saturated heterocycles. The van der Waals surface area contributed by atoms with E-state index in [1.807, 2.05) is 51.1 Å². The molecular formula is C17H19N3O2. The fourth-order valence-corrected chi connectivity index (χ4v) is 1.77. The Labute approximate surface area is 130 Å². The number of hydrogen-bond donors (Lipinski definition) is 1. The van der Waals surface area contributed by atoms with Crippen LogP contribution in [0.3, 0.4) is 0 Å². The Bertz CT molecular complexity index is 682. The zero-order valence-electron chi connectivity index (χ0n) is 13.0. The molecule has 0 unspecified atom stereocenters. The number of nitrogens with zero attached hydrogens (tertiary/aromatic N) is 2. The average molecular weight is 297 g/mol. The van der Waals surface area contributed by atoms with Crippen molar-refractivity contribution >= 4 is 11.6 Å². The molecular weight excluding hydrogens is 278 g/mol. The van der Waals surface area contributed by atoms with E-state index in [1.54, 1.807) is 12.4 Å². The predicted molar refractivity (Wildman–Crippen MR) is 86.0 cm³/mol. The van der Waals surface area contributed by atoms with Gasteiger partial charge in [-0.25, -0.2) is 5.43 Å². The van der Waals surface area contributed by atoms with Gasteiger partial charge in [-0.2, -0.15) is 5.10 Å². The highest BCUT2D eigenvalue weighted by Gasteiger charge is 2.04. The molecule has 2 rings (SSSR count). The maximum atomic E-state index is 11.7. The molecule has 0 radical (unpaired) electrons. The van der Waals surface area contributed by atoms with Gasteiger partial charge in [0.25, 0.3) is 5.91 Å². The zero-order chi connectivity index (χ0) is 15.9. The fraction of sp³-hybridized carbons (Fsp3) is 0.235. The number of hydrazone groups is 1. The van der Waals surface area contributed by atoms with Crippen LogP contribution >= 0.6 is 0 Å². The lowest BCUT2D eigenvalue weighted by molar-refractivity contribution is -0.123. The first-order valence-corrected chi connectivity index (χ1v) is 7.00. The third-order valence-electron chi connectivity index (χ3n) is 3.28. The molecule has 0 spiro atoms. The Hall–Kier alpha value is -2.69. The standard InChI is InChI=1S/C17H19N3O2/c1-12-6-7-16(9-13(12)2)22-11-17(21)20-19-14(3)15-5-4-8-18-10-15/h4-10H,11H2,1-3H3,(H,20,21). The Morgan fingerprint density at radius 2 is 2.09 bits per heavy atom. The van der Waals surface area contributed by atoms with Crippen LogP contribution in [0.4, 0.5) is 0 Å².